The molecular formula is C19H17Br2F3O6. The zero-order valence-corrected chi connectivity index (χ0v) is 18.9. The molecule has 0 radical (unpaired) electrons. The first-order valence-electron chi connectivity index (χ1n) is 9.02. The van der Waals surface area contributed by atoms with Gasteiger partial charge in [0.05, 0.1) is 12.2 Å². The molecule has 0 unspecified atom stereocenters. The molecule has 0 saturated carbocycles. The molecule has 2 aliphatic rings. The molecule has 0 bridgehead atoms. The number of hydrogen-bond donors (Lipinski definition) is 0. The topological polar surface area (TPSA) is 71.1 Å². The van der Waals surface area contributed by atoms with E-state index in [9.17, 15) is 22.8 Å². The summed E-state index contributed by atoms with van der Waals surface area (Å²) in [7, 11) is 0. The van der Waals surface area contributed by atoms with Gasteiger partial charge in [0.2, 0.25) is 0 Å². The van der Waals surface area contributed by atoms with Gasteiger partial charge in [-0.3, -0.25) is 4.79 Å². The predicted molar refractivity (Wildman–Crippen MR) is 106 cm³/mol. The van der Waals surface area contributed by atoms with Crippen LogP contribution in [-0.2, 0) is 19.0 Å². The number of halogens is 5. The molecule has 0 N–H and O–H groups in total. The molecule has 164 valence electrons. The van der Waals surface area contributed by atoms with E-state index in [1.165, 1.54) is 0 Å². The van der Waals surface area contributed by atoms with Crippen molar-refractivity contribution in [1.29, 1.82) is 0 Å². The SMILES string of the molecule is CCOC(=O)OC1=C(c2c(Br)cc(OC(F)(F)F)cc2Br)C(=O)CC12CCOCC2. The second-order valence-electron chi connectivity index (χ2n) is 6.79. The van der Waals surface area contributed by atoms with Gasteiger partial charge in [-0.2, -0.15) is 0 Å². The van der Waals surface area contributed by atoms with Gasteiger partial charge in [-0.15, -0.1) is 13.2 Å². The molecule has 1 aliphatic heterocycles. The number of alkyl halides is 3. The zero-order valence-electron chi connectivity index (χ0n) is 15.7. The fraction of sp³-hybridized carbons (Fsp3) is 0.474. The molecule has 0 atom stereocenters. The average Bonchev–Trinajstić information content (AvgIpc) is 2.85. The normalized spacial score (nSPS) is 18.7. The minimum absolute atomic E-state index is 0.0857. The molecular weight excluding hydrogens is 541 g/mol. The maximum Gasteiger partial charge on any atom is 0.573 e. The van der Waals surface area contributed by atoms with Crippen molar-refractivity contribution < 1.29 is 41.7 Å². The van der Waals surface area contributed by atoms with Crippen molar-refractivity contribution in [2.24, 2.45) is 5.41 Å². The first-order valence-corrected chi connectivity index (χ1v) is 10.6. The van der Waals surface area contributed by atoms with Crippen molar-refractivity contribution in [3.05, 3.63) is 32.4 Å². The summed E-state index contributed by atoms with van der Waals surface area (Å²) in [6.07, 6.45) is -4.80. The van der Waals surface area contributed by atoms with Gasteiger partial charge in [0.15, 0.2) is 5.78 Å². The Bertz CT molecular complexity index is 868. The highest BCUT2D eigenvalue weighted by Gasteiger charge is 2.50. The van der Waals surface area contributed by atoms with Crippen LogP contribution in [0.1, 0.15) is 31.7 Å². The lowest BCUT2D eigenvalue weighted by atomic mass is 9.78. The van der Waals surface area contributed by atoms with Gasteiger partial charge < -0.3 is 18.9 Å². The number of carbonyl (C=O) groups excluding carboxylic acids is 2. The van der Waals surface area contributed by atoms with Gasteiger partial charge in [0.1, 0.15) is 11.5 Å². The van der Waals surface area contributed by atoms with Crippen LogP contribution in [-0.4, -0.2) is 38.1 Å². The Hall–Kier alpha value is -1.59. The van der Waals surface area contributed by atoms with Gasteiger partial charge >= 0.3 is 12.5 Å². The third-order valence-corrected chi connectivity index (χ3v) is 6.13. The van der Waals surface area contributed by atoms with Gasteiger partial charge in [-0.1, -0.05) is 0 Å². The number of rotatable bonds is 4. The molecule has 1 spiro atoms. The van der Waals surface area contributed by atoms with E-state index in [2.05, 4.69) is 36.6 Å². The van der Waals surface area contributed by atoms with Gasteiger partial charge in [0.25, 0.3) is 0 Å². The van der Waals surface area contributed by atoms with E-state index in [-0.39, 0.29) is 44.7 Å². The predicted octanol–water partition coefficient (Wildman–Crippen LogP) is 5.76. The highest BCUT2D eigenvalue weighted by Crippen LogP contribution is 2.53. The minimum atomic E-state index is -4.87. The lowest BCUT2D eigenvalue weighted by Gasteiger charge is -2.34. The van der Waals surface area contributed by atoms with Crippen molar-refractivity contribution >= 4 is 49.4 Å². The molecule has 11 heteroatoms. The molecule has 1 aromatic rings. The number of allylic oxidation sites excluding steroid dienone is 2. The van der Waals surface area contributed by atoms with E-state index in [1.54, 1.807) is 6.92 Å². The Balaban J connectivity index is 2.12. The summed E-state index contributed by atoms with van der Waals surface area (Å²) in [5.74, 6) is -0.605. The van der Waals surface area contributed by atoms with Crippen LogP contribution in [0.15, 0.2) is 26.8 Å². The summed E-state index contributed by atoms with van der Waals surface area (Å²) < 4.78 is 57.8. The van der Waals surface area contributed by atoms with Crippen molar-refractivity contribution in [1.82, 2.24) is 0 Å². The Labute approximate surface area is 186 Å². The first kappa shape index (κ1) is 23.1. The molecule has 3 rings (SSSR count). The molecule has 1 aromatic carbocycles. The van der Waals surface area contributed by atoms with Crippen LogP contribution in [0.2, 0.25) is 0 Å². The third-order valence-electron chi connectivity index (χ3n) is 4.88. The van der Waals surface area contributed by atoms with E-state index < -0.39 is 23.7 Å². The van der Waals surface area contributed by atoms with Crippen LogP contribution in [0.4, 0.5) is 18.0 Å². The maximum atomic E-state index is 13.0. The summed E-state index contributed by atoms with van der Waals surface area (Å²) in [4.78, 5) is 25.1. The number of ether oxygens (including phenoxy) is 4. The second-order valence-corrected chi connectivity index (χ2v) is 8.50. The van der Waals surface area contributed by atoms with Crippen molar-refractivity contribution in [2.45, 2.75) is 32.5 Å². The lowest BCUT2D eigenvalue weighted by Crippen LogP contribution is -2.31. The van der Waals surface area contributed by atoms with Crippen LogP contribution in [0.25, 0.3) is 5.57 Å². The molecule has 0 aromatic heterocycles. The van der Waals surface area contributed by atoms with Crippen molar-refractivity contribution in [2.75, 3.05) is 19.8 Å². The Morgan fingerprint density at radius 3 is 2.33 bits per heavy atom. The van der Waals surface area contributed by atoms with Gasteiger partial charge in [-0.05, 0) is 63.8 Å². The number of carbonyl (C=O) groups is 2. The zero-order chi connectivity index (χ0) is 22.1. The molecule has 6 nitrogen and oxygen atoms in total. The number of hydrogen-bond acceptors (Lipinski definition) is 6. The van der Waals surface area contributed by atoms with Gasteiger partial charge in [-0.25, -0.2) is 4.79 Å². The van der Waals surface area contributed by atoms with Crippen LogP contribution >= 0.6 is 31.9 Å². The van der Waals surface area contributed by atoms with E-state index >= 15 is 0 Å². The summed E-state index contributed by atoms with van der Waals surface area (Å²) in [6.45, 7) is 2.48. The van der Waals surface area contributed by atoms with Crippen LogP contribution in [0.3, 0.4) is 0 Å². The first-order chi connectivity index (χ1) is 14.1. The van der Waals surface area contributed by atoms with Crippen molar-refractivity contribution in [3.63, 3.8) is 0 Å². The summed E-state index contributed by atoms with van der Waals surface area (Å²) in [6, 6.07) is 2.20. The number of ketones is 1. The molecule has 30 heavy (non-hydrogen) atoms. The minimum Gasteiger partial charge on any atom is -0.434 e. The summed E-state index contributed by atoms with van der Waals surface area (Å²) >= 11 is 6.44. The standard InChI is InChI=1S/C19H17Br2F3O6/c1-2-28-17(26)29-16-15(13(25)9-18(16)3-5-27-6-4-18)14-11(20)7-10(8-12(14)21)30-19(22,23)24/h7-8H,2-6,9H2,1H3. The van der Waals surface area contributed by atoms with Gasteiger partial charge in [0, 0.05) is 39.6 Å². The highest BCUT2D eigenvalue weighted by molar-refractivity contribution is 9.11. The monoisotopic (exact) mass is 556 g/mol. The molecule has 1 aliphatic carbocycles. The molecule has 0 amide bonds. The lowest BCUT2D eigenvalue weighted by molar-refractivity contribution is -0.274. The Morgan fingerprint density at radius 1 is 1.20 bits per heavy atom. The van der Waals surface area contributed by atoms with Crippen LogP contribution in [0.5, 0.6) is 5.75 Å². The maximum absolute atomic E-state index is 13.0. The highest BCUT2D eigenvalue weighted by atomic mass is 79.9. The molecule has 1 heterocycles. The fourth-order valence-corrected chi connectivity index (χ4v) is 5.20. The largest absolute Gasteiger partial charge is 0.573 e. The Kier molecular flexibility index (Phi) is 6.83. The summed E-state index contributed by atoms with van der Waals surface area (Å²) in [5.41, 5.74) is -0.350. The van der Waals surface area contributed by atoms with E-state index in [4.69, 9.17) is 14.2 Å². The second kappa shape index (κ2) is 8.88. The van der Waals surface area contributed by atoms with E-state index in [0.717, 1.165) is 12.1 Å². The number of Topliss-reactive ketones (excluding diaryl/α,β-unsaturated/α-hetero) is 1. The Morgan fingerprint density at radius 2 is 1.80 bits per heavy atom. The fourth-order valence-electron chi connectivity index (χ4n) is 3.66. The van der Waals surface area contributed by atoms with E-state index in [1.807, 2.05) is 0 Å². The quantitative estimate of drug-likeness (QED) is 0.438. The molecule has 1 saturated heterocycles. The van der Waals surface area contributed by atoms with Crippen molar-refractivity contribution in [3.8, 4) is 5.75 Å². The van der Waals surface area contributed by atoms with E-state index in [0.29, 0.717) is 26.1 Å². The molecule has 1 fully saturated rings. The third kappa shape index (κ3) is 4.83. The average molecular weight is 558 g/mol. The number of benzene rings is 1. The van der Waals surface area contributed by atoms with Crippen LogP contribution < -0.4 is 4.74 Å². The van der Waals surface area contributed by atoms with Crippen LogP contribution in [0, 0.1) is 5.41 Å². The smallest absolute Gasteiger partial charge is 0.434 e. The summed E-state index contributed by atoms with van der Waals surface area (Å²) in [5, 5.41) is 0.